The Labute approximate surface area is 74.3 Å². The normalized spacial score (nSPS) is 22.9. The highest BCUT2D eigenvalue weighted by Crippen LogP contribution is 2.27. The predicted molar refractivity (Wildman–Crippen MR) is 51.4 cm³/mol. The zero-order valence-corrected chi connectivity index (χ0v) is 8.29. The van der Waals surface area contributed by atoms with Crippen LogP contribution >= 0.6 is 0 Å². The second-order valence-electron chi connectivity index (χ2n) is 3.61. The molecule has 68 valence electrons. The van der Waals surface area contributed by atoms with E-state index < -0.39 is 0 Å². The largest absolute Gasteiger partial charge is 0.378 e. The lowest BCUT2D eigenvalue weighted by molar-refractivity contribution is 0.224. The number of hydrogen-bond donors (Lipinski definition) is 0. The van der Waals surface area contributed by atoms with Gasteiger partial charge < -0.3 is 4.74 Å². The molecule has 1 aliphatic heterocycles. The van der Waals surface area contributed by atoms with Crippen LogP contribution in [0, 0.1) is 11.8 Å². The Hall–Kier alpha value is -0.630. The molecule has 0 fully saturated rings. The van der Waals surface area contributed by atoms with Crippen LogP contribution in [0.2, 0.25) is 0 Å². The number of rotatable bonds is 3. The van der Waals surface area contributed by atoms with Crippen molar-refractivity contribution in [3.63, 3.8) is 0 Å². The summed E-state index contributed by atoms with van der Waals surface area (Å²) in [5.41, 5.74) is 2.48. The summed E-state index contributed by atoms with van der Waals surface area (Å²) >= 11 is 0. The Bertz CT molecular complexity index is 216. The summed E-state index contributed by atoms with van der Waals surface area (Å²) in [4.78, 5) is 4.34. The highest BCUT2D eigenvalue weighted by molar-refractivity contribution is 5.71. The number of nitrogens with zero attached hydrogens (tertiary/aromatic N) is 1. The Morgan fingerprint density at radius 3 is 2.67 bits per heavy atom. The molecule has 0 saturated carbocycles. The number of hydrogen-bond acceptors (Lipinski definition) is 2. The fraction of sp³-hybridized carbons (Fsp3) is 0.700. The van der Waals surface area contributed by atoms with Crippen LogP contribution in [0.4, 0.5) is 0 Å². The smallest absolute Gasteiger partial charge is 0.0883 e. The molecule has 0 aromatic carbocycles. The molecule has 1 aliphatic rings. The van der Waals surface area contributed by atoms with Crippen molar-refractivity contribution >= 4 is 6.21 Å². The van der Waals surface area contributed by atoms with E-state index in [1.165, 1.54) is 5.57 Å². The zero-order valence-electron chi connectivity index (χ0n) is 8.29. The van der Waals surface area contributed by atoms with Gasteiger partial charge in [-0.05, 0) is 18.4 Å². The van der Waals surface area contributed by atoms with Crippen LogP contribution in [0.15, 0.2) is 16.3 Å². The highest BCUT2D eigenvalue weighted by Gasteiger charge is 2.20. The SMILES string of the molecule is COCC1=C(C)C(C(C)C)C=N1. The fourth-order valence-corrected chi connectivity index (χ4v) is 1.54. The summed E-state index contributed by atoms with van der Waals surface area (Å²) in [6.45, 7) is 7.23. The molecular weight excluding hydrogens is 150 g/mol. The summed E-state index contributed by atoms with van der Waals surface area (Å²) in [5, 5.41) is 0. The lowest BCUT2D eigenvalue weighted by Gasteiger charge is -2.13. The third kappa shape index (κ3) is 1.75. The molecular formula is C10H17NO. The molecule has 2 heteroatoms. The van der Waals surface area contributed by atoms with Crippen molar-refractivity contribution in [2.24, 2.45) is 16.8 Å². The van der Waals surface area contributed by atoms with Gasteiger partial charge in [0.25, 0.3) is 0 Å². The van der Waals surface area contributed by atoms with Gasteiger partial charge in [0, 0.05) is 19.2 Å². The van der Waals surface area contributed by atoms with Gasteiger partial charge in [-0.25, -0.2) is 0 Å². The standard InChI is InChI=1S/C10H17NO/c1-7(2)9-5-11-10(6-12-4)8(9)3/h5,7,9H,6H2,1-4H3. The van der Waals surface area contributed by atoms with Gasteiger partial charge in [0.1, 0.15) is 0 Å². The van der Waals surface area contributed by atoms with Gasteiger partial charge in [0.2, 0.25) is 0 Å². The summed E-state index contributed by atoms with van der Waals surface area (Å²) in [6, 6.07) is 0. The molecule has 0 bridgehead atoms. The van der Waals surface area contributed by atoms with Gasteiger partial charge in [-0.1, -0.05) is 13.8 Å². The minimum Gasteiger partial charge on any atom is -0.378 e. The summed E-state index contributed by atoms with van der Waals surface area (Å²) in [5.74, 6) is 1.17. The van der Waals surface area contributed by atoms with Crippen LogP contribution in [-0.2, 0) is 4.74 Å². The summed E-state index contributed by atoms with van der Waals surface area (Å²) in [7, 11) is 1.71. The van der Waals surface area contributed by atoms with E-state index in [0.717, 1.165) is 5.70 Å². The lowest BCUT2D eigenvalue weighted by Crippen LogP contribution is -2.09. The summed E-state index contributed by atoms with van der Waals surface area (Å²) in [6.07, 6.45) is 2.04. The maximum absolute atomic E-state index is 5.05. The molecule has 1 atom stereocenters. The second-order valence-corrected chi connectivity index (χ2v) is 3.61. The molecule has 1 rings (SSSR count). The molecule has 0 aliphatic carbocycles. The lowest BCUT2D eigenvalue weighted by atomic mass is 9.91. The second kappa shape index (κ2) is 3.85. The van der Waals surface area contributed by atoms with Crippen LogP contribution in [0.5, 0.6) is 0 Å². The van der Waals surface area contributed by atoms with E-state index in [4.69, 9.17) is 4.74 Å². The van der Waals surface area contributed by atoms with Crippen LogP contribution < -0.4 is 0 Å². The van der Waals surface area contributed by atoms with Crippen LogP contribution in [0.1, 0.15) is 20.8 Å². The van der Waals surface area contributed by atoms with E-state index in [0.29, 0.717) is 18.4 Å². The average Bonchev–Trinajstić information content (AvgIpc) is 2.34. The van der Waals surface area contributed by atoms with Crippen LogP contribution in [-0.4, -0.2) is 19.9 Å². The third-order valence-electron chi connectivity index (χ3n) is 2.35. The number of ether oxygens (including phenoxy) is 1. The Kier molecular flexibility index (Phi) is 3.04. The topological polar surface area (TPSA) is 21.6 Å². The maximum atomic E-state index is 5.05. The van der Waals surface area contributed by atoms with Crippen molar-refractivity contribution in [1.29, 1.82) is 0 Å². The zero-order chi connectivity index (χ0) is 9.14. The molecule has 0 N–H and O–H groups in total. The van der Waals surface area contributed by atoms with E-state index in [-0.39, 0.29) is 0 Å². The first-order chi connectivity index (χ1) is 5.66. The van der Waals surface area contributed by atoms with E-state index in [9.17, 15) is 0 Å². The van der Waals surface area contributed by atoms with E-state index >= 15 is 0 Å². The van der Waals surface area contributed by atoms with Crippen molar-refractivity contribution in [2.45, 2.75) is 20.8 Å². The molecule has 0 spiro atoms. The molecule has 0 aromatic heterocycles. The maximum Gasteiger partial charge on any atom is 0.0883 e. The quantitative estimate of drug-likeness (QED) is 0.632. The van der Waals surface area contributed by atoms with Crippen molar-refractivity contribution in [3.05, 3.63) is 11.3 Å². The van der Waals surface area contributed by atoms with Gasteiger partial charge in [-0.15, -0.1) is 0 Å². The molecule has 0 radical (unpaired) electrons. The van der Waals surface area contributed by atoms with Crippen molar-refractivity contribution in [1.82, 2.24) is 0 Å². The third-order valence-corrected chi connectivity index (χ3v) is 2.35. The molecule has 12 heavy (non-hydrogen) atoms. The number of aliphatic imine (C=N–C) groups is 1. The fourth-order valence-electron chi connectivity index (χ4n) is 1.54. The van der Waals surface area contributed by atoms with E-state index in [1.54, 1.807) is 7.11 Å². The van der Waals surface area contributed by atoms with Crippen molar-refractivity contribution in [2.75, 3.05) is 13.7 Å². The van der Waals surface area contributed by atoms with Crippen molar-refractivity contribution < 1.29 is 4.74 Å². The minimum absolute atomic E-state index is 0.523. The first-order valence-electron chi connectivity index (χ1n) is 4.39. The predicted octanol–water partition coefficient (Wildman–Crippen LogP) is 2.26. The van der Waals surface area contributed by atoms with Crippen LogP contribution in [0.25, 0.3) is 0 Å². The van der Waals surface area contributed by atoms with Crippen molar-refractivity contribution in [3.8, 4) is 0 Å². The first kappa shape index (κ1) is 9.46. The van der Waals surface area contributed by atoms with Crippen LogP contribution in [0.3, 0.4) is 0 Å². The number of allylic oxidation sites excluding steroid dienone is 1. The van der Waals surface area contributed by atoms with Gasteiger partial charge in [-0.2, -0.15) is 0 Å². The molecule has 0 aromatic rings. The van der Waals surface area contributed by atoms with E-state index in [2.05, 4.69) is 25.8 Å². The van der Waals surface area contributed by atoms with Gasteiger partial charge in [0.15, 0.2) is 0 Å². The average molecular weight is 167 g/mol. The molecule has 1 heterocycles. The number of methoxy groups -OCH3 is 1. The highest BCUT2D eigenvalue weighted by atomic mass is 16.5. The molecule has 2 nitrogen and oxygen atoms in total. The monoisotopic (exact) mass is 167 g/mol. The Morgan fingerprint density at radius 2 is 2.25 bits per heavy atom. The molecule has 0 amide bonds. The van der Waals surface area contributed by atoms with Gasteiger partial charge in [-0.3, -0.25) is 4.99 Å². The minimum atomic E-state index is 0.523. The van der Waals surface area contributed by atoms with Gasteiger partial charge >= 0.3 is 0 Å². The first-order valence-corrected chi connectivity index (χ1v) is 4.39. The van der Waals surface area contributed by atoms with Gasteiger partial charge in [0.05, 0.1) is 12.3 Å². The molecule has 0 saturated heterocycles. The Balaban J connectivity index is 2.70. The Morgan fingerprint density at radius 1 is 1.58 bits per heavy atom. The molecule has 1 unspecified atom stereocenters. The summed E-state index contributed by atoms with van der Waals surface area (Å²) < 4.78 is 5.05. The van der Waals surface area contributed by atoms with E-state index in [1.807, 2.05) is 6.21 Å².